The molecule has 1 aromatic heterocycles. The molecule has 1 aliphatic heterocycles. The summed E-state index contributed by atoms with van der Waals surface area (Å²) >= 11 is 12.6. The number of nitrogens with zero attached hydrogens (tertiary/aromatic N) is 2. The molecule has 11 heteroatoms. The third-order valence-corrected chi connectivity index (χ3v) is 9.57. The number of aromatic nitrogens is 1. The van der Waals surface area contributed by atoms with Crippen molar-refractivity contribution in [3.8, 4) is 0 Å². The Kier molecular flexibility index (Phi) is 9.74. The standard InChI is InChI=1S/C30H33Cl2N3O5S/c1-4-24(18-34-41(38,39)25-9-6-14-33-19-25)35-28(20-10-12-22(31)13-11-20)26(21-7-5-8-23(32)15-21)16-30(2,29(35)37)17-27(36)40-3/h5-15,19,24,26,28,34H,4,16-18H2,1-3H3/t24?,26-,28-,30-/m1/s1. The number of rotatable bonds is 10. The second-order valence-electron chi connectivity index (χ2n) is 10.5. The molecule has 218 valence electrons. The Hall–Kier alpha value is -2.98. The van der Waals surface area contributed by atoms with Crippen molar-refractivity contribution in [1.29, 1.82) is 0 Å². The zero-order valence-electron chi connectivity index (χ0n) is 23.1. The SMILES string of the molecule is CCC(CNS(=O)(=O)c1cccnc1)N1C(=O)[C@@](C)(CC(=O)OC)C[C@H](c2cccc(Cl)c2)[C@H]1c1ccc(Cl)cc1. The number of carbonyl (C=O) groups is 2. The van der Waals surface area contributed by atoms with Crippen LogP contribution in [0.4, 0.5) is 0 Å². The summed E-state index contributed by atoms with van der Waals surface area (Å²) in [4.78, 5) is 32.7. The first-order chi connectivity index (χ1) is 19.5. The van der Waals surface area contributed by atoms with Gasteiger partial charge in [-0.1, -0.05) is 61.3 Å². The number of carbonyl (C=O) groups excluding carboxylic acids is 2. The van der Waals surface area contributed by atoms with E-state index in [1.54, 1.807) is 36.1 Å². The maximum absolute atomic E-state index is 14.5. The molecule has 1 amide bonds. The lowest BCUT2D eigenvalue weighted by Crippen LogP contribution is -2.58. The number of piperidine rings is 1. The molecule has 0 radical (unpaired) electrons. The molecule has 1 N–H and O–H groups in total. The lowest BCUT2D eigenvalue weighted by molar-refractivity contribution is -0.161. The van der Waals surface area contributed by atoms with Gasteiger partial charge in [0.2, 0.25) is 15.9 Å². The van der Waals surface area contributed by atoms with E-state index in [9.17, 15) is 18.0 Å². The minimum atomic E-state index is -3.89. The Morgan fingerprint density at radius 1 is 1.12 bits per heavy atom. The number of likely N-dealkylation sites (tertiary alicyclic amines) is 1. The molecule has 3 aromatic rings. The van der Waals surface area contributed by atoms with Crippen molar-refractivity contribution in [2.24, 2.45) is 5.41 Å². The first-order valence-corrected chi connectivity index (χ1v) is 15.5. The van der Waals surface area contributed by atoms with Crippen LogP contribution in [-0.2, 0) is 24.3 Å². The van der Waals surface area contributed by atoms with Gasteiger partial charge in [0.15, 0.2) is 0 Å². The van der Waals surface area contributed by atoms with Crippen molar-refractivity contribution >= 4 is 45.1 Å². The number of hydrogen-bond donors (Lipinski definition) is 1. The summed E-state index contributed by atoms with van der Waals surface area (Å²) in [5, 5.41) is 1.10. The molecule has 0 spiro atoms. The van der Waals surface area contributed by atoms with E-state index >= 15 is 0 Å². The molecular weight excluding hydrogens is 585 g/mol. The fourth-order valence-corrected chi connectivity index (χ4v) is 6.93. The third kappa shape index (κ3) is 6.92. The van der Waals surface area contributed by atoms with Gasteiger partial charge in [0.25, 0.3) is 0 Å². The van der Waals surface area contributed by atoms with Gasteiger partial charge in [-0.25, -0.2) is 13.1 Å². The molecule has 41 heavy (non-hydrogen) atoms. The first-order valence-electron chi connectivity index (χ1n) is 13.3. The molecule has 4 atom stereocenters. The molecule has 0 saturated carbocycles. The van der Waals surface area contributed by atoms with Crippen LogP contribution in [0.2, 0.25) is 10.0 Å². The predicted octanol–water partition coefficient (Wildman–Crippen LogP) is 5.77. The van der Waals surface area contributed by atoms with Gasteiger partial charge in [-0.2, -0.15) is 0 Å². The molecule has 0 aliphatic carbocycles. The van der Waals surface area contributed by atoms with Gasteiger partial charge in [-0.3, -0.25) is 14.6 Å². The van der Waals surface area contributed by atoms with Crippen molar-refractivity contribution in [3.05, 3.63) is 94.2 Å². The van der Waals surface area contributed by atoms with E-state index in [4.69, 9.17) is 27.9 Å². The summed E-state index contributed by atoms with van der Waals surface area (Å²) in [6.07, 6.45) is 3.44. The molecule has 4 rings (SSSR count). The summed E-state index contributed by atoms with van der Waals surface area (Å²) in [6.45, 7) is 3.62. The van der Waals surface area contributed by atoms with Crippen molar-refractivity contribution in [1.82, 2.24) is 14.6 Å². The van der Waals surface area contributed by atoms with Crippen LogP contribution in [0.15, 0.2) is 78.0 Å². The number of sulfonamides is 1. The van der Waals surface area contributed by atoms with Crippen molar-refractivity contribution in [2.45, 2.75) is 56.0 Å². The van der Waals surface area contributed by atoms with E-state index in [0.29, 0.717) is 22.9 Å². The first kappa shape index (κ1) is 31.0. The molecule has 1 unspecified atom stereocenters. The van der Waals surface area contributed by atoms with Crippen LogP contribution in [0.25, 0.3) is 0 Å². The summed E-state index contributed by atoms with van der Waals surface area (Å²) in [5.41, 5.74) is 0.622. The van der Waals surface area contributed by atoms with Gasteiger partial charge in [-0.05, 0) is 60.4 Å². The van der Waals surface area contributed by atoms with Crippen molar-refractivity contribution in [2.75, 3.05) is 13.7 Å². The van der Waals surface area contributed by atoms with Crippen LogP contribution in [0.1, 0.15) is 56.2 Å². The number of amides is 1. The second-order valence-corrected chi connectivity index (χ2v) is 13.1. The summed E-state index contributed by atoms with van der Waals surface area (Å²) in [7, 11) is -2.60. The van der Waals surface area contributed by atoms with E-state index in [2.05, 4.69) is 9.71 Å². The van der Waals surface area contributed by atoms with Crippen LogP contribution in [-0.4, -0.2) is 49.9 Å². The normalized spacial score (nSPS) is 21.9. The molecule has 2 aromatic carbocycles. The lowest BCUT2D eigenvalue weighted by Gasteiger charge is -2.52. The number of ether oxygens (including phenoxy) is 1. The number of benzene rings is 2. The molecule has 1 aliphatic rings. The largest absolute Gasteiger partial charge is 0.469 e. The molecule has 1 fully saturated rings. The molecule has 8 nitrogen and oxygen atoms in total. The number of halogens is 2. The number of hydrogen-bond acceptors (Lipinski definition) is 6. The van der Waals surface area contributed by atoms with E-state index < -0.39 is 33.5 Å². The number of nitrogens with one attached hydrogen (secondary N) is 1. The van der Waals surface area contributed by atoms with Gasteiger partial charge >= 0.3 is 5.97 Å². The third-order valence-electron chi connectivity index (χ3n) is 7.67. The monoisotopic (exact) mass is 617 g/mol. The fraction of sp³-hybridized carbons (Fsp3) is 0.367. The fourth-order valence-electron chi connectivity index (χ4n) is 5.57. The molecule has 2 heterocycles. The van der Waals surface area contributed by atoms with E-state index in [1.165, 1.54) is 25.6 Å². The number of pyridine rings is 1. The maximum Gasteiger partial charge on any atom is 0.306 e. The smallest absolute Gasteiger partial charge is 0.306 e. The van der Waals surface area contributed by atoms with Crippen molar-refractivity contribution < 1.29 is 22.7 Å². The molecule has 1 saturated heterocycles. The van der Waals surface area contributed by atoms with Crippen molar-refractivity contribution in [3.63, 3.8) is 0 Å². The highest BCUT2D eigenvalue weighted by molar-refractivity contribution is 7.89. The average molecular weight is 619 g/mol. The lowest BCUT2D eigenvalue weighted by atomic mass is 9.67. The van der Waals surface area contributed by atoms with Gasteiger partial charge < -0.3 is 9.64 Å². The van der Waals surface area contributed by atoms with Gasteiger partial charge in [0.05, 0.1) is 25.0 Å². The van der Waals surface area contributed by atoms with Crippen LogP contribution < -0.4 is 4.72 Å². The van der Waals surface area contributed by atoms with Crippen LogP contribution in [0.5, 0.6) is 0 Å². The van der Waals surface area contributed by atoms with E-state index in [1.807, 2.05) is 37.3 Å². The van der Waals surface area contributed by atoms with Gasteiger partial charge in [-0.15, -0.1) is 0 Å². The van der Waals surface area contributed by atoms with E-state index in [0.717, 1.165) is 11.1 Å². The summed E-state index contributed by atoms with van der Waals surface area (Å²) in [6, 6.07) is 16.7. The molecule has 0 bridgehead atoms. The summed E-state index contributed by atoms with van der Waals surface area (Å²) in [5.74, 6) is -1.03. The quantitative estimate of drug-likeness (QED) is 0.289. The van der Waals surface area contributed by atoms with Crippen LogP contribution >= 0.6 is 23.2 Å². The highest BCUT2D eigenvalue weighted by atomic mass is 35.5. The highest BCUT2D eigenvalue weighted by Gasteiger charge is 2.52. The second kappa shape index (κ2) is 12.9. The Bertz CT molecular complexity index is 1490. The Morgan fingerprint density at radius 2 is 1.85 bits per heavy atom. The topological polar surface area (TPSA) is 106 Å². The Balaban J connectivity index is 1.83. The zero-order valence-corrected chi connectivity index (χ0v) is 25.4. The highest BCUT2D eigenvalue weighted by Crippen LogP contribution is 2.52. The minimum Gasteiger partial charge on any atom is -0.469 e. The number of methoxy groups -OCH3 is 1. The zero-order chi connectivity index (χ0) is 29.8. The molecular formula is C30H33Cl2N3O5S. The van der Waals surface area contributed by atoms with Gasteiger partial charge in [0.1, 0.15) is 4.90 Å². The summed E-state index contributed by atoms with van der Waals surface area (Å²) < 4.78 is 33.8. The Morgan fingerprint density at radius 3 is 2.46 bits per heavy atom. The predicted molar refractivity (Wildman–Crippen MR) is 158 cm³/mol. The van der Waals surface area contributed by atoms with Crippen LogP contribution in [0.3, 0.4) is 0 Å². The van der Waals surface area contributed by atoms with Gasteiger partial charge in [0, 0.05) is 40.9 Å². The Labute approximate surface area is 251 Å². The maximum atomic E-state index is 14.5. The van der Waals surface area contributed by atoms with E-state index in [-0.39, 0.29) is 29.7 Å². The average Bonchev–Trinajstić information content (AvgIpc) is 2.96. The van der Waals surface area contributed by atoms with Crippen LogP contribution in [0, 0.1) is 5.41 Å². The number of esters is 1. The minimum absolute atomic E-state index is 0.0291.